The Kier molecular flexibility index (Phi) is 4.93. The maximum absolute atomic E-state index is 12.2. The first-order valence-electron chi connectivity index (χ1n) is 6.15. The zero-order chi connectivity index (χ0) is 12.9. The number of methoxy groups -OCH3 is 1. The van der Waals surface area contributed by atoms with Crippen LogP contribution in [-0.4, -0.2) is 38.1 Å². The fraction of sp³-hybridized carbons (Fsp3) is 0.833. The lowest BCUT2D eigenvalue weighted by molar-refractivity contribution is -0.146. The largest absolute Gasteiger partial charge is 0.467 e. The van der Waals surface area contributed by atoms with Gasteiger partial charge in [-0.3, -0.25) is 4.79 Å². The highest BCUT2D eigenvalue weighted by Crippen LogP contribution is 2.30. The van der Waals surface area contributed by atoms with Gasteiger partial charge in [-0.2, -0.15) is 0 Å². The highest BCUT2D eigenvalue weighted by Gasteiger charge is 2.38. The van der Waals surface area contributed by atoms with E-state index >= 15 is 0 Å². The first-order valence-corrected chi connectivity index (χ1v) is 6.15. The predicted octanol–water partition coefficient (Wildman–Crippen LogP) is 0.444. The standard InChI is InChI=1S/C12H22N2O3/c1-4-12(6-5-7-13-8-12)11(16)14-9(2)10(15)17-3/h9,13H,4-8H2,1-3H3,(H,14,16). The summed E-state index contributed by atoms with van der Waals surface area (Å²) in [6.07, 6.45) is 2.64. The summed E-state index contributed by atoms with van der Waals surface area (Å²) in [5.74, 6) is -0.460. The third-order valence-electron chi connectivity index (χ3n) is 3.53. The van der Waals surface area contributed by atoms with Gasteiger partial charge in [-0.25, -0.2) is 4.79 Å². The zero-order valence-electron chi connectivity index (χ0n) is 10.8. The number of esters is 1. The molecule has 0 aromatic heterocycles. The lowest BCUT2D eigenvalue weighted by Crippen LogP contribution is -2.53. The van der Waals surface area contributed by atoms with Gasteiger partial charge in [0.2, 0.25) is 5.91 Å². The Morgan fingerprint density at radius 2 is 2.24 bits per heavy atom. The van der Waals surface area contributed by atoms with E-state index in [0.717, 1.165) is 25.8 Å². The quantitative estimate of drug-likeness (QED) is 0.702. The van der Waals surface area contributed by atoms with Gasteiger partial charge in [0.25, 0.3) is 0 Å². The molecule has 0 aromatic rings. The van der Waals surface area contributed by atoms with Crippen LogP contribution in [0.3, 0.4) is 0 Å². The highest BCUT2D eigenvalue weighted by molar-refractivity contribution is 5.88. The summed E-state index contributed by atoms with van der Waals surface area (Å²) in [5.41, 5.74) is -0.374. The molecule has 1 fully saturated rings. The molecule has 1 aliphatic rings. The number of rotatable bonds is 4. The van der Waals surface area contributed by atoms with E-state index in [-0.39, 0.29) is 11.3 Å². The number of hydrogen-bond acceptors (Lipinski definition) is 4. The van der Waals surface area contributed by atoms with Crippen LogP contribution in [0.4, 0.5) is 0 Å². The molecule has 5 nitrogen and oxygen atoms in total. The summed E-state index contributed by atoms with van der Waals surface area (Å²) in [6.45, 7) is 5.30. The minimum absolute atomic E-state index is 0.0508. The summed E-state index contributed by atoms with van der Waals surface area (Å²) in [6, 6.07) is -0.585. The fourth-order valence-electron chi connectivity index (χ4n) is 2.21. The number of piperidine rings is 1. The van der Waals surface area contributed by atoms with E-state index in [2.05, 4.69) is 15.4 Å². The van der Waals surface area contributed by atoms with Crippen molar-refractivity contribution >= 4 is 11.9 Å². The SMILES string of the molecule is CCC1(C(=O)NC(C)C(=O)OC)CCCNC1. The fourth-order valence-corrected chi connectivity index (χ4v) is 2.21. The zero-order valence-corrected chi connectivity index (χ0v) is 10.8. The summed E-state index contributed by atoms with van der Waals surface area (Å²) in [5, 5.41) is 5.99. The number of amides is 1. The van der Waals surface area contributed by atoms with Crippen LogP contribution in [0.1, 0.15) is 33.1 Å². The normalized spacial score (nSPS) is 26.1. The van der Waals surface area contributed by atoms with Crippen molar-refractivity contribution in [2.24, 2.45) is 5.41 Å². The molecule has 0 aromatic carbocycles. The lowest BCUT2D eigenvalue weighted by Gasteiger charge is -2.36. The molecule has 1 rings (SSSR count). The molecule has 1 amide bonds. The number of carbonyl (C=O) groups is 2. The maximum atomic E-state index is 12.2. The summed E-state index contributed by atoms with van der Waals surface area (Å²) < 4.78 is 4.60. The van der Waals surface area contributed by atoms with Gasteiger partial charge in [0.1, 0.15) is 6.04 Å². The molecule has 2 N–H and O–H groups in total. The van der Waals surface area contributed by atoms with Crippen LogP contribution in [-0.2, 0) is 14.3 Å². The molecule has 1 aliphatic heterocycles. The van der Waals surface area contributed by atoms with Crippen LogP contribution < -0.4 is 10.6 Å². The highest BCUT2D eigenvalue weighted by atomic mass is 16.5. The minimum Gasteiger partial charge on any atom is -0.467 e. The molecule has 2 unspecified atom stereocenters. The summed E-state index contributed by atoms with van der Waals surface area (Å²) in [7, 11) is 1.32. The van der Waals surface area contributed by atoms with Crippen LogP contribution in [0, 0.1) is 5.41 Å². The van der Waals surface area contributed by atoms with Gasteiger partial charge in [-0.1, -0.05) is 6.92 Å². The predicted molar refractivity (Wildman–Crippen MR) is 64.4 cm³/mol. The Morgan fingerprint density at radius 1 is 1.53 bits per heavy atom. The van der Waals surface area contributed by atoms with Crippen LogP contribution in [0.25, 0.3) is 0 Å². The second-order valence-electron chi connectivity index (χ2n) is 4.63. The van der Waals surface area contributed by atoms with Gasteiger partial charge < -0.3 is 15.4 Å². The Labute approximate surface area is 102 Å². The van der Waals surface area contributed by atoms with E-state index in [9.17, 15) is 9.59 Å². The number of nitrogens with one attached hydrogen (secondary N) is 2. The van der Waals surface area contributed by atoms with E-state index in [1.807, 2.05) is 6.92 Å². The van der Waals surface area contributed by atoms with Crippen molar-refractivity contribution in [1.82, 2.24) is 10.6 Å². The van der Waals surface area contributed by atoms with Crippen molar-refractivity contribution in [2.75, 3.05) is 20.2 Å². The van der Waals surface area contributed by atoms with E-state index in [4.69, 9.17) is 0 Å². The molecule has 0 saturated carbocycles. The second kappa shape index (κ2) is 6.00. The van der Waals surface area contributed by atoms with E-state index in [0.29, 0.717) is 6.54 Å². The summed E-state index contributed by atoms with van der Waals surface area (Å²) >= 11 is 0. The topological polar surface area (TPSA) is 67.4 Å². The number of carbonyl (C=O) groups excluding carboxylic acids is 2. The third kappa shape index (κ3) is 3.19. The lowest BCUT2D eigenvalue weighted by atomic mass is 9.77. The Balaban J connectivity index is 2.63. The molecule has 1 heterocycles. The van der Waals surface area contributed by atoms with Gasteiger partial charge in [-0.15, -0.1) is 0 Å². The minimum atomic E-state index is -0.585. The van der Waals surface area contributed by atoms with Crippen molar-refractivity contribution in [3.8, 4) is 0 Å². The van der Waals surface area contributed by atoms with E-state index < -0.39 is 12.0 Å². The molecular formula is C12H22N2O3. The Bertz CT molecular complexity index is 285. The monoisotopic (exact) mass is 242 g/mol. The molecule has 0 spiro atoms. The molecule has 98 valence electrons. The molecule has 2 atom stereocenters. The number of ether oxygens (including phenoxy) is 1. The summed E-state index contributed by atoms with van der Waals surface area (Å²) in [4.78, 5) is 23.5. The van der Waals surface area contributed by atoms with Gasteiger partial charge in [0.15, 0.2) is 0 Å². The van der Waals surface area contributed by atoms with Crippen molar-refractivity contribution in [1.29, 1.82) is 0 Å². The van der Waals surface area contributed by atoms with Gasteiger partial charge in [-0.05, 0) is 32.7 Å². The first-order chi connectivity index (χ1) is 8.05. The van der Waals surface area contributed by atoms with Gasteiger partial charge in [0, 0.05) is 6.54 Å². The van der Waals surface area contributed by atoms with E-state index in [1.165, 1.54) is 7.11 Å². The molecule has 5 heteroatoms. The molecular weight excluding hydrogens is 220 g/mol. The Hall–Kier alpha value is -1.10. The molecule has 0 radical (unpaired) electrons. The van der Waals surface area contributed by atoms with Gasteiger partial charge >= 0.3 is 5.97 Å². The van der Waals surface area contributed by atoms with Crippen LogP contribution in [0.5, 0.6) is 0 Å². The van der Waals surface area contributed by atoms with Crippen LogP contribution in [0.15, 0.2) is 0 Å². The first kappa shape index (κ1) is 14.0. The van der Waals surface area contributed by atoms with Crippen LogP contribution >= 0.6 is 0 Å². The number of hydrogen-bond donors (Lipinski definition) is 2. The second-order valence-corrected chi connectivity index (χ2v) is 4.63. The van der Waals surface area contributed by atoms with E-state index in [1.54, 1.807) is 6.92 Å². The van der Waals surface area contributed by atoms with Gasteiger partial charge in [0.05, 0.1) is 12.5 Å². The van der Waals surface area contributed by atoms with Crippen LogP contribution in [0.2, 0.25) is 0 Å². The maximum Gasteiger partial charge on any atom is 0.328 e. The molecule has 1 saturated heterocycles. The third-order valence-corrected chi connectivity index (χ3v) is 3.53. The average Bonchev–Trinajstić information content (AvgIpc) is 2.38. The van der Waals surface area contributed by atoms with Crippen molar-refractivity contribution in [2.45, 2.75) is 39.2 Å². The van der Waals surface area contributed by atoms with Crippen molar-refractivity contribution in [3.63, 3.8) is 0 Å². The Morgan fingerprint density at radius 3 is 2.71 bits per heavy atom. The molecule has 17 heavy (non-hydrogen) atoms. The molecule has 0 aliphatic carbocycles. The average molecular weight is 242 g/mol. The smallest absolute Gasteiger partial charge is 0.328 e. The molecule has 0 bridgehead atoms. The van der Waals surface area contributed by atoms with Crippen molar-refractivity contribution < 1.29 is 14.3 Å². The van der Waals surface area contributed by atoms with Crippen molar-refractivity contribution in [3.05, 3.63) is 0 Å².